The molecule has 0 spiro atoms. The number of rotatable bonds is 5. The number of hydrogen-bond acceptors (Lipinski definition) is 7. The molecule has 194 valence electrons. The quantitative estimate of drug-likeness (QED) is 0.526. The first-order chi connectivity index (χ1) is 18.4. The molecule has 0 saturated carbocycles. The molecule has 1 fully saturated rings. The lowest BCUT2D eigenvalue weighted by Crippen LogP contribution is -2.60. The summed E-state index contributed by atoms with van der Waals surface area (Å²) in [6.07, 6.45) is 1.48. The Bertz CT molecular complexity index is 1410. The van der Waals surface area contributed by atoms with Crippen LogP contribution in [0.3, 0.4) is 0 Å². The van der Waals surface area contributed by atoms with E-state index in [2.05, 4.69) is 27.0 Å². The number of nitrogens with zero attached hydrogens (tertiary/aromatic N) is 3. The maximum Gasteiger partial charge on any atom is 0.270 e. The molecule has 1 atom stereocenters. The molecule has 3 heterocycles. The molecule has 1 N–H and O–H groups in total. The number of likely N-dealkylation sites (N-methyl/N-ethyl adjacent to an activating group) is 2. The van der Waals surface area contributed by atoms with Crippen molar-refractivity contribution in [3.05, 3.63) is 78.1 Å². The molecule has 0 unspecified atom stereocenters. The number of para-hydroxylation sites is 1. The molecule has 1 saturated heterocycles. The highest BCUT2D eigenvalue weighted by Crippen LogP contribution is 2.32. The van der Waals surface area contributed by atoms with E-state index in [-0.39, 0.29) is 18.2 Å². The van der Waals surface area contributed by atoms with Crippen LogP contribution in [0.15, 0.2) is 66.9 Å². The van der Waals surface area contributed by atoms with Crippen molar-refractivity contribution in [1.29, 1.82) is 0 Å². The normalized spacial score (nSPS) is 18.1. The van der Waals surface area contributed by atoms with E-state index in [1.165, 1.54) is 17.2 Å². The average Bonchev–Trinajstić information content (AvgIpc) is 3.03. The average molecular weight is 513 g/mol. The number of aromatic nitrogens is 1. The fraction of sp³-hybridized carbons (Fsp3) is 0.276. The van der Waals surface area contributed by atoms with Crippen LogP contribution in [-0.4, -0.2) is 74.2 Å². The Morgan fingerprint density at radius 3 is 2.63 bits per heavy atom. The van der Waals surface area contributed by atoms with Crippen molar-refractivity contribution < 1.29 is 23.8 Å². The van der Waals surface area contributed by atoms with Gasteiger partial charge in [-0.3, -0.25) is 19.5 Å². The van der Waals surface area contributed by atoms with Gasteiger partial charge in [-0.25, -0.2) is 0 Å². The van der Waals surface area contributed by atoms with Gasteiger partial charge in [-0.05, 0) is 43.4 Å². The molecule has 0 aliphatic carbocycles. The SMILES string of the molecule is COC1(C#Cc2ccc3c(c2)N(C)C(=O)[C@@H](NC(=O)c2cc(Oc4ccccc4)ccn2)CO3)CN(C)C1. The number of anilines is 1. The minimum atomic E-state index is -0.905. The molecule has 2 amide bonds. The van der Waals surface area contributed by atoms with E-state index in [1.54, 1.807) is 26.3 Å². The highest BCUT2D eigenvalue weighted by molar-refractivity contribution is 6.03. The number of benzene rings is 2. The van der Waals surface area contributed by atoms with Gasteiger partial charge >= 0.3 is 0 Å². The largest absolute Gasteiger partial charge is 0.489 e. The summed E-state index contributed by atoms with van der Waals surface area (Å²) in [4.78, 5) is 34.0. The zero-order valence-corrected chi connectivity index (χ0v) is 21.4. The lowest BCUT2D eigenvalue weighted by molar-refractivity contribution is -0.120. The number of likely N-dealkylation sites (tertiary alicyclic amines) is 1. The highest BCUT2D eigenvalue weighted by atomic mass is 16.5. The standard InChI is InChI=1S/C29H28N4O5/c1-32-18-29(19-32,36-3)13-11-20-9-10-26-25(15-20)33(2)28(35)24(17-37-26)31-27(34)23-16-22(12-14-30-23)38-21-7-5-4-6-8-21/h4-10,12,14-16,24H,17-19H2,1-3H3,(H,31,34)/t24-/m0/s1. The molecule has 2 aliphatic rings. The van der Waals surface area contributed by atoms with E-state index >= 15 is 0 Å². The van der Waals surface area contributed by atoms with Gasteiger partial charge < -0.3 is 24.4 Å². The van der Waals surface area contributed by atoms with Crippen molar-refractivity contribution in [2.45, 2.75) is 11.6 Å². The van der Waals surface area contributed by atoms with E-state index in [4.69, 9.17) is 14.2 Å². The molecule has 2 aliphatic heterocycles. The van der Waals surface area contributed by atoms with Crippen LogP contribution in [0.4, 0.5) is 5.69 Å². The van der Waals surface area contributed by atoms with E-state index in [1.807, 2.05) is 49.5 Å². The van der Waals surface area contributed by atoms with E-state index in [9.17, 15) is 9.59 Å². The Hall–Kier alpha value is -4.39. The van der Waals surface area contributed by atoms with Crippen LogP contribution in [0.5, 0.6) is 17.2 Å². The van der Waals surface area contributed by atoms with E-state index < -0.39 is 17.6 Å². The predicted octanol–water partition coefficient (Wildman–Crippen LogP) is 2.71. The summed E-state index contributed by atoms with van der Waals surface area (Å²) in [7, 11) is 5.32. The van der Waals surface area contributed by atoms with Crippen molar-refractivity contribution in [3.63, 3.8) is 0 Å². The number of carbonyl (C=O) groups excluding carboxylic acids is 2. The second kappa shape index (κ2) is 10.5. The summed E-state index contributed by atoms with van der Waals surface area (Å²) in [6.45, 7) is 1.45. The second-order valence-electron chi connectivity index (χ2n) is 9.33. The fourth-order valence-corrected chi connectivity index (χ4v) is 4.41. The molecule has 0 bridgehead atoms. The van der Waals surface area contributed by atoms with E-state index in [0.29, 0.717) is 22.9 Å². The number of nitrogens with one attached hydrogen (secondary N) is 1. The minimum Gasteiger partial charge on any atom is -0.489 e. The zero-order valence-electron chi connectivity index (χ0n) is 21.4. The van der Waals surface area contributed by atoms with Crippen LogP contribution in [0, 0.1) is 11.8 Å². The molecule has 9 nitrogen and oxygen atoms in total. The van der Waals surface area contributed by atoms with Gasteiger partial charge in [0.2, 0.25) is 0 Å². The molecule has 5 rings (SSSR count). The summed E-state index contributed by atoms with van der Waals surface area (Å²) in [5.41, 5.74) is 0.959. The lowest BCUT2D eigenvalue weighted by atomic mass is 9.95. The summed E-state index contributed by atoms with van der Waals surface area (Å²) < 4.78 is 17.3. The molecule has 9 heteroatoms. The number of methoxy groups -OCH3 is 1. The van der Waals surface area contributed by atoms with Gasteiger partial charge in [0, 0.05) is 45.1 Å². The number of amides is 2. The fourth-order valence-electron chi connectivity index (χ4n) is 4.41. The Balaban J connectivity index is 1.28. The van der Waals surface area contributed by atoms with Gasteiger partial charge in [-0.2, -0.15) is 0 Å². The topological polar surface area (TPSA) is 93.2 Å². The predicted molar refractivity (Wildman–Crippen MR) is 141 cm³/mol. The Morgan fingerprint density at radius 2 is 1.89 bits per heavy atom. The first-order valence-corrected chi connectivity index (χ1v) is 12.2. The van der Waals surface area contributed by atoms with Gasteiger partial charge in [0.15, 0.2) is 5.60 Å². The van der Waals surface area contributed by atoms with Gasteiger partial charge in [0.25, 0.3) is 11.8 Å². The summed E-state index contributed by atoms with van der Waals surface area (Å²) >= 11 is 0. The van der Waals surface area contributed by atoms with Gasteiger partial charge in [-0.15, -0.1) is 0 Å². The Morgan fingerprint density at radius 1 is 1.11 bits per heavy atom. The molecule has 1 aromatic heterocycles. The van der Waals surface area contributed by atoms with Crippen LogP contribution >= 0.6 is 0 Å². The van der Waals surface area contributed by atoms with Gasteiger partial charge in [-0.1, -0.05) is 30.0 Å². The van der Waals surface area contributed by atoms with Crippen molar-refractivity contribution >= 4 is 17.5 Å². The Kier molecular flexibility index (Phi) is 7.01. The third-order valence-electron chi connectivity index (χ3n) is 6.48. The maximum absolute atomic E-state index is 13.3. The van der Waals surface area contributed by atoms with Gasteiger partial charge in [0.05, 0.1) is 5.69 Å². The van der Waals surface area contributed by atoms with Crippen molar-refractivity contribution in [2.24, 2.45) is 0 Å². The molecule has 2 aromatic carbocycles. The number of fused-ring (bicyclic) bond motifs is 1. The van der Waals surface area contributed by atoms with Gasteiger partial charge in [0.1, 0.15) is 35.6 Å². The minimum absolute atomic E-state index is 0.0216. The van der Waals surface area contributed by atoms with Crippen LogP contribution in [-0.2, 0) is 9.53 Å². The number of ether oxygens (including phenoxy) is 3. The molecular formula is C29H28N4O5. The van der Waals surface area contributed by atoms with E-state index in [0.717, 1.165) is 18.7 Å². The van der Waals surface area contributed by atoms with Crippen molar-refractivity contribution in [2.75, 3.05) is 45.8 Å². The third-order valence-corrected chi connectivity index (χ3v) is 6.48. The lowest BCUT2D eigenvalue weighted by Gasteiger charge is -2.43. The Labute approximate surface area is 221 Å². The molecular weight excluding hydrogens is 484 g/mol. The molecule has 38 heavy (non-hydrogen) atoms. The van der Waals surface area contributed by atoms with Crippen LogP contribution < -0.4 is 19.7 Å². The summed E-state index contributed by atoms with van der Waals surface area (Å²) in [5, 5.41) is 2.75. The smallest absolute Gasteiger partial charge is 0.270 e. The molecule has 0 radical (unpaired) electrons. The summed E-state index contributed by atoms with van der Waals surface area (Å²) in [6, 6.07) is 16.9. The monoisotopic (exact) mass is 512 g/mol. The first-order valence-electron chi connectivity index (χ1n) is 12.2. The summed E-state index contributed by atoms with van der Waals surface area (Å²) in [5.74, 6) is 7.19. The second-order valence-corrected chi connectivity index (χ2v) is 9.33. The maximum atomic E-state index is 13.3. The van der Waals surface area contributed by atoms with Crippen LogP contribution in [0.1, 0.15) is 16.1 Å². The van der Waals surface area contributed by atoms with Crippen molar-refractivity contribution in [1.82, 2.24) is 15.2 Å². The van der Waals surface area contributed by atoms with Crippen molar-refractivity contribution in [3.8, 4) is 29.1 Å². The number of pyridine rings is 1. The number of carbonyl (C=O) groups is 2. The third kappa shape index (κ3) is 5.32. The number of hydrogen-bond donors (Lipinski definition) is 1. The van der Waals surface area contributed by atoms with Crippen LogP contribution in [0.25, 0.3) is 0 Å². The van der Waals surface area contributed by atoms with Crippen LogP contribution in [0.2, 0.25) is 0 Å². The highest BCUT2D eigenvalue weighted by Gasteiger charge is 2.39. The first kappa shape index (κ1) is 25.3. The molecule has 3 aromatic rings. The zero-order chi connectivity index (χ0) is 26.7.